The largest absolute Gasteiger partial charge is 0.497 e. The van der Waals surface area contributed by atoms with E-state index in [1.165, 1.54) is 24.6 Å². The summed E-state index contributed by atoms with van der Waals surface area (Å²) in [5.41, 5.74) is 0.997. The number of anilines is 1. The standard InChI is InChI=1S/C18H21ClN2O4S/c1-24-16-6-7-18(17(13-16)25-2)26(22,23)21-10-8-20(9-11-21)15-5-3-4-14(19)12-15/h3-7,12-13H,8-11H2,1-2H3. The van der Waals surface area contributed by atoms with E-state index in [9.17, 15) is 8.42 Å². The molecule has 0 spiro atoms. The highest BCUT2D eigenvalue weighted by Crippen LogP contribution is 2.31. The van der Waals surface area contributed by atoms with Crippen molar-refractivity contribution in [3.05, 3.63) is 47.5 Å². The van der Waals surface area contributed by atoms with Crippen molar-refractivity contribution in [2.45, 2.75) is 4.90 Å². The Hall–Kier alpha value is -1.96. The molecule has 0 aliphatic carbocycles. The molecule has 2 aromatic rings. The predicted molar refractivity (Wildman–Crippen MR) is 102 cm³/mol. The number of nitrogens with zero attached hydrogens (tertiary/aromatic N) is 2. The van der Waals surface area contributed by atoms with Crippen LogP contribution < -0.4 is 14.4 Å². The Labute approximate surface area is 158 Å². The van der Waals surface area contributed by atoms with E-state index in [1.54, 1.807) is 12.1 Å². The van der Waals surface area contributed by atoms with Crippen molar-refractivity contribution < 1.29 is 17.9 Å². The second kappa shape index (κ2) is 7.73. The number of ether oxygens (including phenoxy) is 2. The molecular formula is C18H21ClN2O4S. The molecule has 8 heteroatoms. The Morgan fingerprint density at radius 2 is 1.69 bits per heavy atom. The van der Waals surface area contributed by atoms with Crippen molar-refractivity contribution in [3.63, 3.8) is 0 Å². The van der Waals surface area contributed by atoms with Crippen LogP contribution in [0.2, 0.25) is 5.02 Å². The number of methoxy groups -OCH3 is 2. The zero-order valence-corrected chi connectivity index (χ0v) is 16.3. The van der Waals surface area contributed by atoms with E-state index in [-0.39, 0.29) is 10.6 Å². The number of sulfonamides is 1. The number of hydrogen-bond acceptors (Lipinski definition) is 5. The summed E-state index contributed by atoms with van der Waals surface area (Å²) in [5.74, 6) is 0.827. The minimum Gasteiger partial charge on any atom is -0.497 e. The molecule has 1 heterocycles. The first kappa shape index (κ1) is 18.8. The average Bonchev–Trinajstić information content (AvgIpc) is 2.67. The minimum atomic E-state index is -3.64. The summed E-state index contributed by atoms with van der Waals surface area (Å²) in [7, 11) is -0.668. The van der Waals surface area contributed by atoms with Gasteiger partial charge < -0.3 is 14.4 Å². The zero-order valence-electron chi connectivity index (χ0n) is 14.7. The molecule has 0 N–H and O–H groups in total. The van der Waals surface area contributed by atoms with Crippen LogP contribution in [0, 0.1) is 0 Å². The molecule has 2 aromatic carbocycles. The van der Waals surface area contributed by atoms with Crippen LogP contribution in [0.3, 0.4) is 0 Å². The molecule has 0 amide bonds. The van der Waals surface area contributed by atoms with Crippen LogP contribution in [0.1, 0.15) is 0 Å². The second-order valence-electron chi connectivity index (χ2n) is 5.89. The maximum Gasteiger partial charge on any atom is 0.246 e. The molecule has 0 saturated carbocycles. The van der Waals surface area contributed by atoms with Gasteiger partial charge in [0.05, 0.1) is 14.2 Å². The molecule has 0 unspecified atom stereocenters. The van der Waals surface area contributed by atoms with Gasteiger partial charge in [0.25, 0.3) is 0 Å². The molecule has 140 valence electrons. The third kappa shape index (κ3) is 3.75. The highest BCUT2D eigenvalue weighted by Gasteiger charge is 2.31. The molecule has 0 bridgehead atoms. The third-order valence-electron chi connectivity index (χ3n) is 4.40. The molecule has 1 fully saturated rings. The normalized spacial score (nSPS) is 15.7. The topological polar surface area (TPSA) is 59.1 Å². The van der Waals surface area contributed by atoms with Crippen molar-refractivity contribution >= 4 is 27.3 Å². The van der Waals surface area contributed by atoms with Gasteiger partial charge in [-0.3, -0.25) is 0 Å². The lowest BCUT2D eigenvalue weighted by Crippen LogP contribution is -2.48. The molecule has 6 nitrogen and oxygen atoms in total. The van der Waals surface area contributed by atoms with Crippen molar-refractivity contribution in [3.8, 4) is 11.5 Å². The fraction of sp³-hybridized carbons (Fsp3) is 0.333. The van der Waals surface area contributed by atoms with Crippen LogP contribution in [0.25, 0.3) is 0 Å². The molecule has 1 aliphatic rings. The molecule has 3 rings (SSSR count). The van der Waals surface area contributed by atoms with E-state index >= 15 is 0 Å². The fourth-order valence-corrected chi connectivity index (χ4v) is 4.73. The van der Waals surface area contributed by atoms with Gasteiger partial charge in [-0.2, -0.15) is 4.31 Å². The van der Waals surface area contributed by atoms with Crippen LogP contribution in [-0.4, -0.2) is 53.1 Å². The SMILES string of the molecule is COc1ccc(S(=O)(=O)N2CCN(c3cccc(Cl)c3)CC2)c(OC)c1. The van der Waals surface area contributed by atoms with Crippen LogP contribution in [0.4, 0.5) is 5.69 Å². The zero-order chi connectivity index (χ0) is 18.7. The minimum absolute atomic E-state index is 0.150. The number of rotatable bonds is 5. The first-order valence-corrected chi connectivity index (χ1v) is 10.00. The molecule has 0 aromatic heterocycles. The van der Waals surface area contributed by atoms with Gasteiger partial charge >= 0.3 is 0 Å². The molecule has 1 saturated heterocycles. The van der Waals surface area contributed by atoms with Gasteiger partial charge in [-0.05, 0) is 30.3 Å². The van der Waals surface area contributed by atoms with Crippen LogP contribution in [0.15, 0.2) is 47.4 Å². The summed E-state index contributed by atoms with van der Waals surface area (Å²) in [4.78, 5) is 2.28. The van der Waals surface area contributed by atoms with Crippen molar-refractivity contribution in [1.29, 1.82) is 0 Å². The quantitative estimate of drug-likeness (QED) is 0.777. The lowest BCUT2D eigenvalue weighted by atomic mass is 10.2. The highest BCUT2D eigenvalue weighted by atomic mass is 35.5. The highest BCUT2D eigenvalue weighted by molar-refractivity contribution is 7.89. The summed E-state index contributed by atoms with van der Waals surface area (Å²) in [6.07, 6.45) is 0. The number of hydrogen-bond donors (Lipinski definition) is 0. The van der Waals surface area contributed by atoms with Crippen LogP contribution >= 0.6 is 11.6 Å². The third-order valence-corrected chi connectivity index (χ3v) is 6.57. The van der Waals surface area contributed by atoms with Crippen LogP contribution in [-0.2, 0) is 10.0 Å². The van der Waals surface area contributed by atoms with Gasteiger partial charge in [-0.25, -0.2) is 8.42 Å². The smallest absolute Gasteiger partial charge is 0.246 e. The Morgan fingerprint density at radius 1 is 0.962 bits per heavy atom. The Bertz CT molecular complexity index is 881. The molecule has 26 heavy (non-hydrogen) atoms. The fourth-order valence-electron chi connectivity index (χ4n) is 2.99. The van der Waals surface area contributed by atoms with E-state index in [4.69, 9.17) is 21.1 Å². The van der Waals surface area contributed by atoms with Gasteiger partial charge in [0.15, 0.2) is 0 Å². The van der Waals surface area contributed by atoms with E-state index in [1.807, 2.05) is 24.3 Å². The van der Waals surface area contributed by atoms with Gasteiger partial charge in [0.2, 0.25) is 10.0 Å². The van der Waals surface area contributed by atoms with Crippen molar-refractivity contribution in [1.82, 2.24) is 4.31 Å². The van der Waals surface area contributed by atoms with Crippen LogP contribution in [0.5, 0.6) is 11.5 Å². The molecule has 1 aliphatic heterocycles. The number of halogens is 1. The molecular weight excluding hydrogens is 376 g/mol. The second-order valence-corrected chi connectivity index (χ2v) is 8.23. The first-order valence-electron chi connectivity index (χ1n) is 8.18. The Balaban J connectivity index is 1.78. The van der Waals surface area contributed by atoms with E-state index < -0.39 is 10.0 Å². The number of piperazine rings is 1. The maximum absolute atomic E-state index is 13.0. The number of benzene rings is 2. The van der Waals surface area contributed by atoms with E-state index in [2.05, 4.69) is 4.90 Å². The summed E-state index contributed by atoms with van der Waals surface area (Å²) in [5, 5.41) is 0.667. The summed E-state index contributed by atoms with van der Waals surface area (Å²) >= 11 is 6.05. The van der Waals surface area contributed by atoms with Gasteiger partial charge in [0, 0.05) is 43.0 Å². The van der Waals surface area contributed by atoms with Crippen molar-refractivity contribution in [2.75, 3.05) is 45.3 Å². The Morgan fingerprint density at radius 3 is 2.31 bits per heavy atom. The molecule has 0 atom stereocenters. The van der Waals surface area contributed by atoms with Gasteiger partial charge in [-0.15, -0.1) is 0 Å². The lowest BCUT2D eigenvalue weighted by molar-refractivity contribution is 0.370. The summed E-state index contributed by atoms with van der Waals surface area (Å²) in [6, 6.07) is 12.3. The van der Waals surface area contributed by atoms with E-state index in [0.29, 0.717) is 37.0 Å². The lowest BCUT2D eigenvalue weighted by Gasteiger charge is -2.35. The Kier molecular flexibility index (Phi) is 5.60. The monoisotopic (exact) mass is 396 g/mol. The maximum atomic E-state index is 13.0. The average molecular weight is 397 g/mol. The predicted octanol–water partition coefficient (Wildman–Crippen LogP) is 2.87. The summed E-state index contributed by atoms with van der Waals surface area (Å²) < 4.78 is 37.9. The van der Waals surface area contributed by atoms with Gasteiger partial charge in [0.1, 0.15) is 16.4 Å². The first-order chi connectivity index (χ1) is 12.5. The van der Waals surface area contributed by atoms with Crippen molar-refractivity contribution in [2.24, 2.45) is 0 Å². The summed E-state index contributed by atoms with van der Waals surface area (Å²) in [6.45, 7) is 1.98. The van der Waals surface area contributed by atoms with Gasteiger partial charge in [-0.1, -0.05) is 17.7 Å². The van der Waals surface area contributed by atoms with E-state index in [0.717, 1.165) is 5.69 Å². The molecule has 0 radical (unpaired) electrons.